The van der Waals surface area contributed by atoms with E-state index in [0.717, 1.165) is 17.2 Å². The molecule has 3 aromatic carbocycles. The lowest BCUT2D eigenvalue weighted by molar-refractivity contribution is -0.131. The average Bonchev–Trinajstić information content (AvgIpc) is 2.84. The lowest BCUT2D eigenvalue weighted by Gasteiger charge is -2.35. The molecule has 0 bridgehead atoms. The van der Waals surface area contributed by atoms with Gasteiger partial charge >= 0.3 is 0 Å². The number of hydrogen-bond acceptors (Lipinski definition) is 5. The summed E-state index contributed by atoms with van der Waals surface area (Å²) in [5.74, 6) is 0.231. The lowest BCUT2D eigenvalue weighted by atomic mass is 9.96. The molecule has 6 nitrogen and oxygen atoms in total. The van der Waals surface area contributed by atoms with Crippen LogP contribution in [0.3, 0.4) is 0 Å². The zero-order valence-electron chi connectivity index (χ0n) is 18.8. The van der Waals surface area contributed by atoms with Crippen LogP contribution in [0, 0.1) is 5.82 Å². The van der Waals surface area contributed by atoms with Crippen LogP contribution in [0.5, 0.6) is 5.75 Å². The summed E-state index contributed by atoms with van der Waals surface area (Å²) in [7, 11) is 0. The summed E-state index contributed by atoms with van der Waals surface area (Å²) in [6.07, 6.45) is 2.72. The van der Waals surface area contributed by atoms with E-state index in [2.05, 4.69) is 9.97 Å². The zero-order valence-corrected chi connectivity index (χ0v) is 19.5. The summed E-state index contributed by atoms with van der Waals surface area (Å²) >= 11 is 6.66. The van der Waals surface area contributed by atoms with Crippen LogP contribution in [0.4, 0.5) is 10.2 Å². The van der Waals surface area contributed by atoms with Gasteiger partial charge in [-0.25, -0.2) is 14.4 Å². The van der Waals surface area contributed by atoms with E-state index in [9.17, 15) is 9.90 Å². The predicted molar refractivity (Wildman–Crippen MR) is 133 cm³/mol. The highest BCUT2D eigenvalue weighted by Gasteiger charge is 2.25. The van der Waals surface area contributed by atoms with Crippen molar-refractivity contribution in [1.29, 1.82) is 0 Å². The van der Waals surface area contributed by atoms with Gasteiger partial charge in [-0.1, -0.05) is 42.8 Å². The van der Waals surface area contributed by atoms with E-state index >= 15 is 4.39 Å². The van der Waals surface area contributed by atoms with E-state index in [4.69, 9.17) is 11.6 Å². The largest absolute Gasteiger partial charge is 0.508 e. The second kappa shape index (κ2) is 9.06. The normalized spacial score (nSPS) is 14.2. The quantitative estimate of drug-likeness (QED) is 0.425. The fourth-order valence-corrected chi connectivity index (χ4v) is 4.95. The summed E-state index contributed by atoms with van der Waals surface area (Å²) in [6, 6.07) is 12.3. The predicted octanol–water partition coefficient (Wildman–Crippen LogP) is 5.40. The molecule has 1 aliphatic heterocycles. The number of aromatic nitrogens is 2. The minimum atomic E-state index is -0.557. The van der Waals surface area contributed by atoms with Crippen molar-refractivity contribution in [1.82, 2.24) is 14.9 Å². The molecule has 174 valence electrons. The fourth-order valence-electron chi connectivity index (χ4n) is 4.66. The molecule has 1 amide bonds. The molecule has 8 heteroatoms. The number of halogens is 2. The Labute approximate surface area is 201 Å². The van der Waals surface area contributed by atoms with Crippen molar-refractivity contribution in [3.05, 3.63) is 59.6 Å². The summed E-state index contributed by atoms with van der Waals surface area (Å²) in [5, 5.41) is 12.6. The third-order valence-electron chi connectivity index (χ3n) is 6.31. The molecular formula is C26H24ClFN4O2. The zero-order chi connectivity index (χ0) is 23.8. The number of phenolic OH excluding ortho intramolecular Hbond substituents is 1. The summed E-state index contributed by atoms with van der Waals surface area (Å²) < 4.78 is 15.9. The van der Waals surface area contributed by atoms with Gasteiger partial charge in [0.2, 0.25) is 5.91 Å². The van der Waals surface area contributed by atoms with Crippen LogP contribution < -0.4 is 4.90 Å². The first-order valence-corrected chi connectivity index (χ1v) is 11.7. The summed E-state index contributed by atoms with van der Waals surface area (Å²) in [5.41, 5.74) is 0.866. The number of phenols is 1. The van der Waals surface area contributed by atoms with Crippen LogP contribution in [0.1, 0.15) is 19.8 Å². The van der Waals surface area contributed by atoms with Crippen molar-refractivity contribution < 1.29 is 14.3 Å². The standard InChI is InChI=1S/C26H24ClFN4O2/c1-2-5-22(34)31-8-10-32(11-9-31)26-20-14-21(27)23(24(28)25(20)29-15-30-26)19-13-17(33)12-16-6-3-4-7-18(16)19/h3-4,6-7,12-15,33H,2,5,8-11H2,1H3. The number of nitrogens with zero attached hydrogens (tertiary/aromatic N) is 4. The van der Waals surface area contributed by atoms with Crippen molar-refractivity contribution >= 4 is 45.0 Å². The number of carbonyl (C=O) groups excluding carboxylic acids is 1. The van der Waals surface area contributed by atoms with Gasteiger partial charge in [-0.2, -0.15) is 0 Å². The Balaban J connectivity index is 1.57. The molecule has 1 aromatic heterocycles. The minimum Gasteiger partial charge on any atom is -0.508 e. The molecule has 1 N–H and O–H groups in total. The van der Waals surface area contributed by atoms with Gasteiger partial charge in [-0.15, -0.1) is 0 Å². The smallest absolute Gasteiger partial charge is 0.222 e. The molecule has 0 saturated carbocycles. The third-order valence-corrected chi connectivity index (χ3v) is 6.61. The van der Waals surface area contributed by atoms with Crippen molar-refractivity contribution in [2.24, 2.45) is 0 Å². The van der Waals surface area contributed by atoms with Gasteiger partial charge in [0.05, 0.1) is 5.02 Å². The first-order chi connectivity index (χ1) is 16.5. The number of rotatable bonds is 4. The number of hydrogen-bond donors (Lipinski definition) is 1. The fraction of sp³-hybridized carbons (Fsp3) is 0.269. The topological polar surface area (TPSA) is 69.6 Å². The second-order valence-corrected chi connectivity index (χ2v) is 8.88. The molecule has 34 heavy (non-hydrogen) atoms. The number of carbonyl (C=O) groups is 1. The molecule has 2 heterocycles. The SMILES string of the molecule is CCCC(=O)N1CCN(c2ncnc3c(F)c(-c4cc(O)cc5ccccc45)c(Cl)cc23)CC1. The van der Waals surface area contributed by atoms with E-state index < -0.39 is 5.82 Å². The maximum Gasteiger partial charge on any atom is 0.222 e. The number of aromatic hydroxyl groups is 1. The third kappa shape index (κ3) is 3.90. The molecule has 0 aliphatic carbocycles. The lowest BCUT2D eigenvalue weighted by Crippen LogP contribution is -2.49. The molecule has 1 fully saturated rings. The van der Waals surface area contributed by atoms with Crippen LogP contribution in [0.25, 0.3) is 32.8 Å². The highest BCUT2D eigenvalue weighted by molar-refractivity contribution is 6.35. The Bertz CT molecular complexity index is 1400. The molecule has 5 rings (SSSR count). The van der Waals surface area contributed by atoms with Gasteiger partial charge < -0.3 is 14.9 Å². The van der Waals surface area contributed by atoms with Gasteiger partial charge in [0.15, 0.2) is 5.82 Å². The van der Waals surface area contributed by atoms with Gasteiger partial charge in [-0.3, -0.25) is 4.79 Å². The van der Waals surface area contributed by atoms with E-state index in [-0.39, 0.29) is 27.8 Å². The number of benzene rings is 3. The number of fused-ring (bicyclic) bond motifs is 2. The van der Waals surface area contributed by atoms with Crippen molar-refractivity contribution in [3.63, 3.8) is 0 Å². The maximum absolute atomic E-state index is 15.9. The monoisotopic (exact) mass is 478 g/mol. The van der Waals surface area contributed by atoms with Crippen LogP contribution in [0.2, 0.25) is 5.02 Å². The molecule has 1 aliphatic rings. The maximum atomic E-state index is 15.9. The van der Waals surface area contributed by atoms with E-state index in [0.29, 0.717) is 49.4 Å². The van der Waals surface area contributed by atoms with Gasteiger partial charge in [0.1, 0.15) is 23.4 Å². The minimum absolute atomic E-state index is 0.0307. The van der Waals surface area contributed by atoms with Gasteiger partial charge in [0, 0.05) is 43.5 Å². The first kappa shape index (κ1) is 22.3. The molecule has 0 radical (unpaired) electrons. The van der Waals surface area contributed by atoms with Gasteiger partial charge in [0.25, 0.3) is 0 Å². The van der Waals surface area contributed by atoms with Gasteiger partial charge in [-0.05, 0) is 41.0 Å². The number of piperazine rings is 1. The average molecular weight is 479 g/mol. The van der Waals surface area contributed by atoms with Crippen LogP contribution in [-0.2, 0) is 4.79 Å². The van der Waals surface area contributed by atoms with E-state index in [1.54, 1.807) is 12.1 Å². The van der Waals surface area contributed by atoms with Crippen LogP contribution >= 0.6 is 11.6 Å². The van der Waals surface area contributed by atoms with E-state index in [1.165, 1.54) is 12.4 Å². The molecule has 0 spiro atoms. The Morgan fingerprint density at radius 3 is 2.62 bits per heavy atom. The first-order valence-electron chi connectivity index (χ1n) is 11.4. The van der Waals surface area contributed by atoms with Crippen molar-refractivity contribution in [2.75, 3.05) is 31.1 Å². The molecule has 0 atom stereocenters. The number of amides is 1. The van der Waals surface area contributed by atoms with Crippen molar-refractivity contribution in [2.45, 2.75) is 19.8 Å². The highest BCUT2D eigenvalue weighted by atomic mass is 35.5. The Morgan fingerprint density at radius 1 is 1.09 bits per heavy atom. The molecule has 0 unspecified atom stereocenters. The Morgan fingerprint density at radius 2 is 1.85 bits per heavy atom. The molecular weight excluding hydrogens is 455 g/mol. The molecule has 4 aromatic rings. The number of anilines is 1. The summed E-state index contributed by atoms with van der Waals surface area (Å²) in [6.45, 7) is 4.37. The second-order valence-electron chi connectivity index (χ2n) is 8.47. The Hall–Kier alpha value is -3.45. The Kier molecular flexibility index (Phi) is 5.96. The highest BCUT2D eigenvalue weighted by Crippen LogP contribution is 2.41. The van der Waals surface area contributed by atoms with E-state index in [1.807, 2.05) is 41.0 Å². The van der Waals surface area contributed by atoms with Crippen LogP contribution in [0.15, 0.2) is 48.8 Å². The molecule has 1 saturated heterocycles. The van der Waals surface area contributed by atoms with Crippen molar-refractivity contribution in [3.8, 4) is 16.9 Å². The van der Waals surface area contributed by atoms with Crippen LogP contribution in [-0.4, -0.2) is 52.1 Å². The summed E-state index contributed by atoms with van der Waals surface area (Å²) in [4.78, 5) is 24.8.